The van der Waals surface area contributed by atoms with E-state index in [1.165, 1.54) is 0 Å². The Morgan fingerprint density at radius 1 is 1.12 bits per heavy atom. The number of aromatic nitrogens is 2. The Balaban J connectivity index is 0.00000243. The summed E-state index contributed by atoms with van der Waals surface area (Å²) < 4.78 is 23.3. The fraction of sp³-hybridized carbons (Fsp3) is 0.278. The van der Waals surface area contributed by atoms with Crippen LogP contribution in [0, 0.1) is 13.8 Å². The van der Waals surface area contributed by atoms with Crippen LogP contribution in [0.5, 0.6) is 11.5 Å². The van der Waals surface area contributed by atoms with Crippen LogP contribution in [0.15, 0.2) is 29.4 Å². The van der Waals surface area contributed by atoms with Crippen LogP contribution >= 0.6 is 0 Å². The molecule has 1 radical (unpaired) electrons. The summed E-state index contributed by atoms with van der Waals surface area (Å²) in [7, 11) is 1.80. The van der Waals surface area contributed by atoms with Crippen LogP contribution in [0.25, 0.3) is 11.0 Å². The van der Waals surface area contributed by atoms with Crippen LogP contribution in [-0.2, 0) is 16.6 Å². The number of nitrogens with one attached hydrogen (secondary N) is 1. The molecule has 3 aromatic rings. The van der Waals surface area contributed by atoms with Gasteiger partial charge in [-0.05, 0) is 36.6 Å². The van der Waals surface area contributed by atoms with E-state index in [9.17, 15) is 4.21 Å². The van der Waals surface area contributed by atoms with E-state index in [4.69, 9.17) is 15.2 Å². The maximum atomic E-state index is 12.8. The monoisotopic (exact) mass is 382 g/mol. The molecule has 3 rings (SSSR count). The molecule has 0 bridgehead atoms. The first-order chi connectivity index (χ1) is 11.9. The molecule has 0 aliphatic carbocycles. The van der Waals surface area contributed by atoms with Crippen LogP contribution in [0.4, 0.5) is 5.69 Å². The van der Waals surface area contributed by atoms with Crippen molar-refractivity contribution in [3.8, 4) is 11.5 Å². The van der Waals surface area contributed by atoms with Gasteiger partial charge in [0.2, 0.25) is 0 Å². The smallest absolute Gasteiger partial charge is 0.197 e. The number of ether oxygens (including phenoxy) is 2. The number of nitrogen functional groups attached to an aromatic ring is 1. The molecule has 0 aliphatic rings. The summed E-state index contributed by atoms with van der Waals surface area (Å²) in [6.45, 7) is 3.97. The van der Waals surface area contributed by atoms with Gasteiger partial charge in [0.1, 0.15) is 0 Å². The Bertz CT molecular complexity index is 908. The number of hydrogen-bond donors (Lipinski definition) is 2. The van der Waals surface area contributed by atoms with Crippen LogP contribution in [0.3, 0.4) is 0 Å². The fourth-order valence-electron chi connectivity index (χ4n) is 2.85. The standard InChI is InChI=1S/C18H21N3O3S.Na/c1-10-5-11(2)12(13(19)6-10)9-25(22)18-20-14-7-16(23-3)17(24-4)8-15(14)21-18;/h5-8H,9,19H2,1-4H3,(H,20,21);. The third-order valence-electron chi connectivity index (χ3n) is 4.11. The van der Waals surface area contributed by atoms with Gasteiger partial charge in [-0.1, -0.05) is 6.07 Å². The van der Waals surface area contributed by atoms with Crippen molar-refractivity contribution < 1.29 is 13.7 Å². The van der Waals surface area contributed by atoms with Crippen LogP contribution in [0.1, 0.15) is 16.7 Å². The summed E-state index contributed by atoms with van der Waals surface area (Å²) in [6.07, 6.45) is 0. The third-order valence-corrected chi connectivity index (χ3v) is 5.28. The van der Waals surface area contributed by atoms with E-state index in [0.29, 0.717) is 33.6 Å². The average Bonchev–Trinajstić information content (AvgIpc) is 2.99. The van der Waals surface area contributed by atoms with Gasteiger partial charge in [-0.25, -0.2) is 4.98 Å². The molecule has 3 N–H and O–H groups in total. The average molecular weight is 382 g/mol. The van der Waals surface area contributed by atoms with E-state index in [1.54, 1.807) is 26.4 Å². The summed E-state index contributed by atoms with van der Waals surface area (Å²) in [5.74, 6) is 1.48. The van der Waals surface area contributed by atoms with Gasteiger partial charge in [-0.2, -0.15) is 0 Å². The number of aryl methyl sites for hydroxylation is 2. The van der Waals surface area contributed by atoms with Crippen molar-refractivity contribution in [1.82, 2.24) is 9.97 Å². The van der Waals surface area contributed by atoms with E-state index in [0.717, 1.165) is 22.2 Å². The van der Waals surface area contributed by atoms with Gasteiger partial charge in [0, 0.05) is 47.4 Å². The zero-order chi connectivity index (χ0) is 18.1. The predicted octanol–water partition coefficient (Wildman–Crippen LogP) is 2.71. The van der Waals surface area contributed by atoms with E-state index < -0.39 is 10.8 Å². The summed E-state index contributed by atoms with van der Waals surface area (Å²) in [4.78, 5) is 7.54. The normalized spacial score (nSPS) is 11.8. The van der Waals surface area contributed by atoms with Crippen LogP contribution in [0.2, 0.25) is 0 Å². The first-order valence-electron chi connectivity index (χ1n) is 7.78. The number of imidazole rings is 1. The van der Waals surface area contributed by atoms with Crippen molar-refractivity contribution in [2.24, 2.45) is 0 Å². The van der Waals surface area contributed by atoms with Gasteiger partial charge >= 0.3 is 0 Å². The molecule has 0 saturated heterocycles. The van der Waals surface area contributed by atoms with Gasteiger partial charge in [-0.15, -0.1) is 0 Å². The number of hydrogen-bond acceptors (Lipinski definition) is 5. The summed E-state index contributed by atoms with van der Waals surface area (Å²) in [5.41, 5.74) is 11.2. The quantitative estimate of drug-likeness (QED) is 0.523. The number of nitrogens with zero attached hydrogens (tertiary/aromatic N) is 1. The molecule has 0 fully saturated rings. The maximum absolute atomic E-state index is 12.8. The number of anilines is 1. The van der Waals surface area contributed by atoms with Gasteiger partial charge in [0.25, 0.3) is 0 Å². The van der Waals surface area contributed by atoms with Gasteiger partial charge in [0.05, 0.1) is 41.8 Å². The third kappa shape index (κ3) is 4.06. The molecule has 6 nitrogen and oxygen atoms in total. The van der Waals surface area contributed by atoms with Crippen LogP contribution in [-0.4, -0.2) is 58.0 Å². The molecule has 8 heteroatoms. The second-order valence-corrected chi connectivity index (χ2v) is 7.27. The van der Waals surface area contributed by atoms with Crippen molar-refractivity contribution >= 4 is 57.1 Å². The summed E-state index contributed by atoms with van der Waals surface area (Å²) >= 11 is 0. The Morgan fingerprint density at radius 2 is 1.77 bits per heavy atom. The second kappa shape index (κ2) is 8.43. The molecular weight excluding hydrogens is 361 g/mol. The molecule has 26 heavy (non-hydrogen) atoms. The maximum Gasteiger partial charge on any atom is 0.197 e. The number of rotatable bonds is 5. The molecule has 1 atom stereocenters. The molecule has 1 aromatic heterocycles. The molecule has 0 amide bonds. The van der Waals surface area contributed by atoms with E-state index in [-0.39, 0.29) is 29.6 Å². The number of fused-ring (bicyclic) bond motifs is 1. The van der Waals surface area contributed by atoms with Crippen molar-refractivity contribution in [3.05, 3.63) is 41.0 Å². The van der Waals surface area contributed by atoms with Crippen LogP contribution < -0.4 is 15.2 Å². The van der Waals surface area contributed by atoms with Crippen molar-refractivity contribution in [3.63, 3.8) is 0 Å². The minimum atomic E-state index is -1.34. The van der Waals surface area contributed by atoms with Crippen molar-refractivity contribution in [2.75, 3.05) is 20.0 Å². The van der Waals surface area contributed by atoms with Crippen molar-refractivity contribution in [2.45, 2.75) is 24.8 Å². The number of nitrogens with two attached hydrogens (primary N) is 1. The molecule has 1 heterocycles. The Hall–Kier alpha value is -1.54. The largest absolute Gasteiger partial charge is 0.493 e. The Labute approximate surface area is 177 Å². The topological polar surface area (TPSA) is 90.2 Å². The summed E-state index contributed by atoms with van der Waals surface area (Å²) in [5, 5.41) is 0.407. The minimum absolute atomic E-state index is 0. The fourth-order valence-corrected chi connectivity index (χ4v) is 4.07. The minimum Gasteiger partial charge on any atom is -0.493 e. The molecule has 0 aliphatic heterocycles. The number of aromatic amines is 1. The SMILES string of the molecule is COc1cc2nc(S(=O)Cc3c(C)cc(C)cc3N)[nH]c2cc1OC.[Na]. The number of benzene rings is 2. The molecular formula is C18H21N3NaO3S. The van der Waals surface area contributed by atoms with E-state index >= 15 is 0 Å². The summed E-state index contributed by atoms with van der Waals surface area (Å²) in [6, 6.07) is 7.48. The zero-order valence-electron chi connectivity index (χ0n) is 15.7. The molecule has 0 spiro atoms. The number of methoxy groups -OCH3 is 2. The molecule has 2 aromatic carbocycles. The molecule has 1 unspecified atom stereocenters. The number of H-pyrrole nitrogens is 1. The first kappa shape index (κ1) is 20.8. The van der Waals surface area contributed by atoms with E-state index in [2.05, 4.69) is 9.97 Å². The second-order valence-electron chi connectivity index (χ2n) is 5.91. The Kier molecular flexibility index (Phi) is 6.74. The van der Waals surface area contributed by atoms with Gasteiger partial charge < -0.3 is 20.2 Å². The molecule has 133 valence electrons. The first-order valence-corrected chi connectivity index (χ1v) is 9.10. The van der Waals surface area contributed by atoms with Gasteiger partial charge in [0.15, 0.2) is 16.7 Å². The zero-order valence-corrected chi connectivity index (χ0v) is 18.5. The van der Waals surface area contributed by atoms with E-state index in [1.807, 2.05) is 26.0 Å². The predicted molar refractivity (Wildman–Crippen MR) is 105 cm³/mol. The van der Waals surface area contributed by atoms with Crippen molar-refractivity contribution in [1.29, 1.82) is 0 Å². The Morgan fingerprint density at radius 3 is 2.38 bits per heavy atom. The molecule has 0 saturated carbocycles. The van der Waals surface area contributed by atoms with Gasteiger partial charge in [-0.3, -0.25) is 4.21 Å².